The lowest BCUT2D eigenvalue weighted by Crippen LogP contribution is -2.29. The predicted molar refractivity (Wildman–Crippen MR) is 79.7 cm³/mol. The monoisotopic (exact) mass is 281 g/mol. The van der Waals surface area contributed by atoms with Crippen LogP contribution in [0.1, 0.15) is 21.5 Å². The van der Waals surface area contributed by atoms with Crippen molar-refractivity contribution < 1.29 is 14.3 Å². The van der Waals surface area contributed by atoms with Crippen molar-refractivity contribution in [2.45, 2.75) is 13.5 Å². The fraction of sp³-hybridized carbons (Fsp3) is 0.176. The number of amides is 1. The highest BCUT2D eigenvalue weighted by Gasteiger charge is 2.35. The maximum Gasteiger partial charge on any atom is 0.299 e. The van der Waals surface area contributed by atoms with Crippen molar-refractivity contribution >= 4 is 17.4 Å². The second kappa shape index (κ2) is 5.05. The minimum absolute atomic E-state index is 0.380. The van der Waals surface area contributed by atoms with Gasteiger partial charge in [0.25, 0.3) is 11.7 Å². The van der Waals surface area contributed by atoms with Crippen LogP contribution in [-0.4, -0.2) is 18.8 Å². The van der Waals surface area contributed by atoms with Crippen molar-refractivity contribution in [2.24, 2.45) is 0 Å². The van der Waals surface area contributed by atoms with Gasteiger partial charge in [-0.25, -0.2) is 0 Å². The Balaban J connectivity index is 1.92. The molecule has 0 bridgehead atoms. The molecule has 3 rings (SSSR count). The smallest absolute Gasteiger partial charge is 0.299 e. The van der Waals surface area contributed by atoms with Crippen LogP contribution < -0.4 is 9.64 Å². The molecule has 0 fully saturated rings. The molecule has 2 aromatic rings. The molecule has 0 saturated heterocycles. The summed E-state index contributed by atoms with van der Waals surface area (Å²) in [6, 6.07) is 13.0. The minimum Gasteiger partial charge on any atom is -0.497 e. The third kappa shape index (κ3) is 2.29. The molecule has 0 atom stereocenters. The molecular formula is C17H15NO3. The van der Waals surface area contributed by atoms with E-state index in [1.54, 1.807) is 13.2 Å². The van der Waals surface area contributed by atoms with E-state index >= 15 is 0 Å². The Morgan fingerprint density at radius 1 is 1.05 bits per heavy atom. The van der Waals surface area contributed by atoms with Crippen LogP contribution in [0.5, 0.6) is 5.75 Å². The van der Waals surface area contributed by atoms with Gasteiger partial charge in [-0.15, -0.1) is 0 Å². The number of fused-ring (bicyclic) bond motifs is 1. The maximum absolute atomic E-state index is 12.2. The summed E-state index contributed by atoms with van der Waals surface area (Å²) in [4.78, 5) is 25.7. The van der Waals surface area contributed by atoms with E-state index < -0.39 is 11.7 Å². The molecule has 2 aromatic carbocycles. The summed E-state index contributed by atoms with van der Waals surface area (Å²) in [6.07, 6.45) is 0. The molecule has 4 heteroatoms. The van der Waals surface area contributed by atoms with Crippen molar-refractivity contribution in [3.63, 3.8) is 0 Å². The predicted octanol–water partition coefficient (Wildman–Crippen LogP) is 2.73. The molecule has 4 nitrogen and oxygen atoms in total. The van der Waals surface area contributed by atoms with Crippen LogP contribution >= 0.6 is 0 Å². The van der Waals surface area contributed by atoms with E-state index in [1.165, 1.54) is 4.90 Å². The lowest BCUT2D eigenvalue weighted by molar-refractivity contribution is -0.114. The van der Waals surface area contributed by atoms with Gasteiger partial charge in [0.1, 0.15) is 5.75 Å². The average Bonchev–Trinajstić information content (AvgIpc) is 2.73. The van der Waals surface area contributed by atoms with Gasteiger partial charge in [0.15, 0.2) is 0 Å². The van der Waals surface area contributed by atoms with E-state index in [9.17, 15) is 9.59 Å². The molecule has 1 heterocycles. The lowest BCUT2D eigenvalue weighted by Gasteiger charge is -2.16. The Morgan fingerprint density at radius 3 is 2.43 bits per heavy atom. The Kier molecular flexibility index (Phi) is 3.22. The quantitative estimate of drug-likeness (QED) is 0.813. The molecule has 0 unspecified atom stereocenters. The molecule has 0 N–H and O–H groups in total. The van der Waals surface area contributed by atoms with Gasteiger partial charge in [0, 0.05) is 0 Å². The van der Waals surface area contributed by atoms with Crippen molar-refractivity contribution in [2.75, 3.05) is 12.0 Å². The number of hydrogen-bond donors (Lipinski definition) is 0. The molecule has 0 aromatic heterocycles. The molecule has 1 aliphatic rings. The van der Waals surface area contributed by atoms with Crippen molar-refractivity contribution in [1.82, 2.24) is 0 Å². The van der Waals surface area contributed by atoms with Crippen LogP contribution in [0.4, 0.5) is 5.69 Å². The van der Waals surface area contributed by atoms with Gasteiger partial charge < -0.3 is 9.64 Å². The highest BCUT2D eigenvalue weighted by atomic mass is 16.5. The van der Waals surface area contributed by atoms with Gasteiger partial charge in [-0.2, -0.15) is 0 Å². The summed E-state index contributed by atoms with van der Waals surface area (Å²) in [7, 11) is 1.61. The molecule has 21 heavy (non-hydrogen) atoms. The number of Topliss-reactive ketones (excluding diaryl/α,β-unsaturated/α-hetero) is 1. The van der Waals surface area contributed by atoms with Crippen LogP contribution in [0.15, 0.2) is 42.5 Å². The normalized spacial score (nSPS) is 13.5. The van der Waals surface area contributed by atoms with Gasteiger partial charge in [0.2, 0.25) is 0 Å². The first-order valence-corrected chi connectivity index (χ1v) is 6.70. The summed E-state index contributed by atoms with van der Waals surface area (Å²) in [5.74, 6) is -0.132. The van der Waals surface area contributed by atoms with Crippen LogP contribution in [0.2, 0.25) is 0 Å². The van der Waals surface area contributed by atoms with Crippen molar-refractivity contribution in [3.05, 3.63) is 59.2 Å². The van der Waals surface area contributed by atoms with Crippen molar-refractivity contribution in [3.8, 4) is 5.75 Å². The zero-order valence-electron chi connectivity index (χ0n) is 11.9. The lowest BCUT2D eigenvalue weighted by atomic mass is 10.1. The zero-order valence-corrected chi connectivity index (χ0v) is 11.9. The Morgan fingerprint density at radius 2 is 1.76 bits per heavy atom. The number of hydrogen-bond acceptors (Lipinski definition) is 3. The largest absolute Gasteiger partial charge is 0.497 e. The van der Waals surface area contributed by atoms with Crippen molar-refractivity contribution in [1.29, 1.82) is 0 Å². The van der Waals surface area contributed by atoms with E-state index in [-0.39, 0.29) is 0 Å². The van der Waals surface area contributed by atoms with Gasteiger partial charge in [0.05, 0.1) is 24.9 Å². The number of methoxy groups -OCH3 is 1. The molecule has 0 saturated carbocycles. The minimum atomic E-state index is -0.466. The third-order valence-electron chi connectivity index (χ3n) is 3.63. The Hall–Kier alpha value is -2.62. The molecule has 106 valence electrons. The molecule has 1 amide bonds. The average molecular weight is 281 g/mol. The van der Waals surface area contributed by atoms with Crippen LogP contribution in [0.3, 0.4) is 0 Å². The molecule has 0 radical (unpaired) electrons. The van der Waals surface area contributed by atoms with E-state index in [4.69, 9.17) is 4.74 Å². The second-order valence-corrected chi connectivity index (χ2v) is 5.09. The van der Waals surface area contributed by atoms with Crippen LogP contribution in [-0.2, 0) is 11.3 Å². The van der Waals surface area contributed by atoms with E-state index in [2.05, 4.69) is 0 Å². The maximum atomic E-state index is 12.2. The van der Waals surface area contributed by atoms with Gasteiger partial charge in [-0.1, -0.05) is 23.8 Å². The summed E-state index contributed by atoms with van der Waals surface area (Å²) in [6.45, 7) is 2.29. The third-order valence-corrected chi connectivity index (χ3v) is 3.63. The highest BCUT2D eigenvalue weighted by molar-refractivity contribution is 6.52. The Bertz CT molecular complexity index is 719. The first-order valence-electron chi connectivity index (χ1n) is 6.70. The van der Waals surface area contributed by atoms with Gasteiger partial charge in [-0.3, -0.25) is 9.59 Å². The number of carbonyl (C=O) groups excluding carboxylic acids is 2. The number of nitrogens with zero attached hydrogens (tertiary/aromatic N) is 1. The number of anilines is 1. The SMILES string of the molecule is COc1ccc(CN2C(=O)C(=O)c3cc(C)ccc32)cc1. The molecule has 0 aliphatic carbocycles. The summed E-state index contributed by atoms with van der Waals surface area (Å²) in [5.41, 5.74) is 3.10. The topological polar surface area (TPSA) is 46.6 Å². The van der Waals surface area contributed by atoms with E-state index in [0.717, 1.165) is 16.9 Å². The van der Waals surface area contributed by atoms with Crippen LogP contribution in [0, 0.1) is 6.92 Å². The Labute approximate surface area is 123 Å². The summed E-state index contributed by atoms with van der Waals surface area (Å²) in [5, 5.41) is 0. The first-order chi connectivity index (χ1) is 10.1. The second-order valence-electron chi connectivity index (χ2n) is 5.09. The number of ether oxygens (including phenoxy) is 1. The highest BCUT2D eigenvalue weighted by Crippen LogP contribution is 2.31. The van der Waals surface area contributed by atoms with E-state index in [0.29, 0.717) is 17.8 Å². The number of carbonyl (C=O) groups is 2. The summed E-state index contributed by atoms with van der Waals surface area (Å²) < 4.78 is 5.11. The molecular weight excluding hydrogens is 266 g/mol. The zero-order chi connectivity index (χ0) is 15.0. The van der Waals surface area contributed by atoms with Gasteiger partial charge in [-0.05, 0) is 36.8 Å². The first kappa shape index (κ1) is 13.4. The molecule has 0 spiro atoms. The number of rotatable bonds is 3. The number of benzene rings is 2. The van der Waals surface area contributed by atoms with E-state index in [1.807, 2.05) is 43.3 Å². The number of ketones is 1. The van der Waals surface area contributed by atoms with Crippen LogP contribution in [0.25, 0.3) is 0 Å². The molecule has 1 aliphatic heterocycles. The fourth-order valence-electron chi connectivity index (χ4n) is 2.48. The number of aryl methyl sites for hydroxylation is 1. The standard InChI is InChI=1S/C17H15NO3/c1-11-3-8-15-14(9-11)16(19)17(20)18(15)10-12-4-6-13(21-2)7-5-12/h3-9H,10H2,1-2H3. The summed E-state index contributed by atoms with van der Waals surface area (Å²) >= 11 is 0. The van der Waals surface area contributed by atoms with Gasteiger partial charge >= 0.3 is 0 Å². The fourth-order valence-corrected chi connectivity index (χ4v) is 2.48.